The number of imidazole rings is 1. The molecule has 26 heavy (non-hydrogen) atoms. The molecular weight excluding hydrogens is 338 g/mol. The summed E-state index contributed by atoms with van der Waals surface area (Å²) >= 11 is 0. The van der Waals surface area contributed by atoms with E-state index in [4.69, 9.17) is 0 Å². The predicted molar refractivity (Wildman–Crippen MR) is 96.4 cm³/mol. The lowest BCUT2D eigenvalue weighted by atomic mass is 9.78. The minimum atomic E-state index is -1.27. The Bertz CT molecular complexity index is 1070. The Morgan fingerprint density at radius 2 is 1.65 bits per heavy atom. The summed E-state index contributed by atoms with van der Waals surface area (Å²) in [6.45, 7) is 7.34. The molecule has 0 bridgehead atoms. The zero-order valence-electron chi connectivity index (χ0n) is 15.3. The molecule has 0 aliphatic carbocycles. The number of nitrogens with zero attached hydrogens (tertiary/aromatic N) is 5. The van der Waals surface area contributed by atoms with Gasteiger partial charge in [-0.2, -0.15) is 4.98 Å². The Morgan fingerprint density at radius 3 is 2.19 bits per heavy atom. The minimum Gasteiger partial charge on any atom is -0.279 e. The van der Waals surface area contributed by atoms with Crippen LogP contribution in [0, 0.1) is 5.41 Å². The first-order chi connectivity index (χ1) is 12.3. The van der Waals surface area contributed by atoms with Gasteiger partial charge >= 0.3 is 5.69 Å². The standard InChI is InChI=1S/C17H21N5O4/c1-6-9-21-13(24)17(7-2,8-3)14(25)22-10-11(18-15(21)22)19(4)16(26)20(5)12(10)23/h6H,1,7-9H2,2-5H3. The van der Waals surface area contributed by atoms with E-state index in [1.165, 1.54) is 34.2 Å². The fourth-order valence-electron chi connectivity index (χ4n) is 3.56. The van der Waals surface area contributed by atoms with Gasteiger partial charge in [-0.1, -0.05) is 19.9 Å². The van der Waals surface area contributed by atoms with Crippen LogP contribution in [0.15, 0.2) is 22.2 Å². The third-order valence-electron chi connectivity index (χ3n) is 5.27. The molecule has 0 spiro atoms. The van der Waals surface area contributed by atoms with Gasteiger partial charge in [-0.05, 0) is 12.8 Å². The topological polar surface area (TPSA) is 99.2 Å². The van der Waals surface area contributed by atoms with Gasteiger partial charge in [0, 0.05) is 20.6 Å². The molecule has 1 aliphatic heterocycles. The lowest BCUT2D eigenvalue weighted by molar-refractivity contribution is -0.127. The van der Waals surface area contributed by atoms with Crippen LogP contribution in [0.2, 0.25) is 0 Å². The van der Waals surface area contributed by atoms with Gasteiger partial charge in [0.1, 0.15) is 5.41 Å². The third kappa shape index (κ3) is 1.94. The maximum atomic E-state index is 13.3. The van der Waals surface area contributed by atoms with E-state index < -0.39 is 22.6 Å². The van der Waals surface area contributed by atoms with E-state index in [1.807, 2.05) is 0 Å². The highest BCUT2D eigenvalue weighted by Crippen LogP contribution is 2.39. The number of hydrogen-bond acceptors (Lipinski definition) is 5. The fourth-order valence-corrected chi connectivity index (χ4v) is 3.56. The number of carbonyl (C=O) groups is 2. The number of anilines is 1. The van der Waals surface area contributed by atoms with Crippen molar-refractivity contribution < 1.29 is 9.59 Å². The third-order valence-corrected chi connectivity index (χ3v) is 5.27. The lowest BCUT2D eigenvalue weighted by Crippen LogP contribution is -2.55. The maximum Gasteiger partial charge on any atom is 0.332 e. The van der Waals surface area contributed by atoms with Crippen LogP contribution in [0.25, 0.3) is 11.2 Å². The summed E-state index contributed by atoms with van der Waals surface area (Å²) in [6, 6.07) is 0. The fraction of sp³-hybridized carbons (Fsp3) is 0.471. The van der Waals surface area contributed by atoms with Gasteiger partial charge in [0.2, 0.25) is 17.8 Å². The molecule has 138 valence electrons. The van der Waals surface area contributed by atoms with E-state index in [0.717, 1.165) is 4.57 Å². The van der Waals surface area contributed by atoms with Crippen LogP contribution in [0.5, 0.6) is 0 Å². The van der Waals surface area contributed by atoms with E-state index in [9.17, 15) is 19.2 Å². The molecular formula is C17H21N5O4. The van der Waals surface area contributed by atoms with Gasteiger partial charge in [0.25, 0.3) is 5.56 Å². The molecule has 9 nitrogen and oxygen atoms in total. The molecule has 3 heterocycles. The smallest absolute Gasteiger partial charge is 0.279 e. The van der Waals surface area contributed by atoms with Crippen LogP contribution < -0.4 is 16.1 Å². The highest BCUT2D eigenvalue weighted by Gasteiger charge is 2.52. The molecule has 3 rings (SSSR count). The van der Waals surface area contributed by atoms with Gasteiger partial charge in [-0.25, -0.2) is 9.36 Å². The zero-order valence-corrected chi connectivity index (χ0v) is 15.3. The van der Waals surface area contributed by atoms with Gasteiger partial charge in [0.15, 0.2) is 11.2 Å². The van der Waals surface area contributed by atoms with Crippen molar-refractivity contribution in [1.82, 2.24) is 18.7 Å². The summed E-state index contributed by atoms with van der Waals surface area (Å²) < 4.78 is 3.32. The number of fused-ring (bicyclic) bond motifs is 3. The molecule has 0 saturated heterocycles. The van der Waals surface area contributed by atoms with Crippen molar-refractivity contribution in [2.75, 3.05) is 11.4 Å². The summed E-state index contributed by atoms with van der Waals surface area (Å²) in [6.07, 6.45) is 2.12. The lowest BCUT2D eigenvalue weighted by Gasteiger charge is -2.38. The van der Waals surface area contributed by atoms with E-state index in [1.54, 1.807) is 13.8 Å². The SMILES string of the molecule is C=CCN1C(=O)C(CC)(CC)C(=O)n2c1nc1c2c(=O)n(C)c(=O)n1C. The van der Waals surface area contributed by atoms with Crippen molar-refractivity contribution in [1.29, 1.82) is 0 Å². The van der Waals surface area contributed by atoms with E-state index in [2.05, 4.69) is 11.6 Å². The van der Waals surface area contributed by atoms with Crippen LogP contribution in [0.3, 0.4) is 0 Å². The average molecular weight is 359 g/mol. The van der Waals surface area contributed by atoms with Crippen molar-refractivity contribution in [2.24, 2.45) is 19.5 Å². The second kappa shape index (κ2) is 5.79. The van der Waals surface area contributed by atoms with E-state index >= 15 is 0 Å². The first-order valence-corrected chi connectivity index (χ1v) is 8.42. The summed E-state index contributed by atoms with van der Waals surface area (Å²) in [5.41, 5.74) is -2.37. The monoisotopic (exact) mass is 359 g/mol. The molecule has 0 unspecified atom stereocenters. The van der Waals surface area contributed by atoms with Gasteiger partial charge in [-0.15, -0.1) is 6.58 Å². The highest BCUT2D eigenvalue weighted by molar-refractivity contribution is 6.18. The number of hydrogen-bond donors (Lipinski definition) is 0. The Kier molecular flexibility index (Phi) is 3.97. The number of amides is 1. The van der Waals surface area contributed by atoms with Crippen molar-refractivity contribution in [3.63, 3.8) is 0 Å². The van der Waals surface area contributed by atoms with Crippen molar-refractivity contribution in [3.8, 4) is 0 Å². The van der Waals surface area contributed by atoms with Crippen molar-refractivity contribution in [2.45, 2.75) is 26.7 Å². The molecule has 2 aromatic heterocycles. The normalized spacial score (nSPS) is 16.2. The van der Waals surface area contributed by atoms with Crippen LogP contribution in [0.1, 0.15) is 31.5 Å². The molecule has 0 fully saturated rings. The highest BCUT2D eigenvalue weighted by atomic mass is 16.2. The molecule has 0 aromatic carbocycles. The minimum absolute atomic E-state index is 0.00226. The van der Waals surface area contributed by atoms with E-state index in [0.29, 0.717) is 12.8 Å². The first-order valence-electron chi connectivity index (χ1n) is 8.42. The summed E-state index contributed by atoms with van der Waals surface area (Å²) in [4.78, 5) is 57.0. The molecule has 9 heteroatoms. The molecule has 0 atom stereocenters. The van der Waals surface area contributed by atoms with E-state index in [-0.39, 0.29) is 29.6 Å². The van der Waals surface area contributed by atoms with Gasteiger partial charge in [-0.3, -0.25) is 28.4 Å². The Labute approximate surface area is 149 Å². The van der Waals surface area contributed by atoms with Crippen LogP contribution >= 0.6 is 0 Å². The molecule has 2 aromatic rings. The number of carbonyl (C=O) groups excluding carboxylic acids is 2. The Morgan fingerprint density at radius 1 is 1.04 bits per heavy atom. The number of aryl methyl sites for hydroxylation is 1. The van der Waals surface area contributed by atoms with Crippen molar-refractivity contribution >= 4 is 28.9 Å². The second-order valence-corrected chi connectivity index (χ2v) is 6.42. The summed E-state index contributed by atoms with van der Waals surface area (Å²) in [5, 5.41) is 0. The zero-order chi connectivity index (χ0) is 19.4. The molecule has 1 aliphatic rings. The molecule has 0 saturated carbocycles. The van der Waals surface area contributed by atoms with Crippen LogP contribution in [-0.2, 0) is 18.9 Å². The summed E-state index contributed by atoms with van der Waals surface area (Å²) in [7, 11) is 2.82. The van der Waals surface area contributed by atoms with Gasteiger partial charge < -0.3 is 0 Å². The second-order valence-electron chi connectivity index (χ2n) is 6.42. The predicted octanol–water partition coefficient (Wildman–Crippen LogP) is 0.413. The largest absolute Gasteiger partial charge is 0.332 e. The van der Waals surface area contributed by atoms with Crippen LogP contribution in [0.4, 0.5) is 5.95 Å². The number of rotatable bonds is 4. The molecule has 1 amide bonds. The molecule has 0 N–H and O–H groups in total. The Balaban J connectivity index is 2.53. The average Bonchev–Trinajstić information content (AvgIpc) is 3.03. The molecule has 0 radical (unpaired) electrons. The maximum absolute atomic E-state index is 13.3. The van der Waals surface area contributed by atoms with Crippen LogP contribution in [-0.4, -0.2) is 37.0 Å². The Hall–Kier alpha value is -2.97. The van der Waals surface area contributed by atoms with Crippen molar-refractivity contribution in [3.05, 3.63) is 33.5 Å². The quantitative estimate of drug-likeness (QED) is 0.582. The number of aromatic nitrogens is 4. The summed E-state index contributed by atoms with van der Waals surface area (Å²) in [5.74, 6) is -0.802. The van der Waals surface area contributed by atoms with Gasteiger partial charge in [0.05, 0.1) is 0 Å². The first kappa shape index (κ1) is 17.8.